The van der Waals surface area contributed by atoms with Gasteiger partial charge in [0.1, 0.15) is 17.6 Å². The van der Waals surface area contributed by atoms with Crippen LogP contribution in [0.25, 0.3) is 0 Å². The van der Waals surface area contributed by atoms with Crippen molar-refractivity contribution in [3.05, 3.63) is 58.1 Å². The van der Waals surface area contributed by atoms with Crippen LogP contribution in [0.15, 0.2) is 45.8 Å². The average Bonchev–Trinajstić information content (AvgIpc) is 2.47. The lowest BCUT2D eigenvalue weighted by atomic mass is 10.1. The number of carboxylic acid groups (broad SMARTS) is 1. The van der Waals surface area contributed by atoms with E-state index in [4.69, 9.17) is 9.84 Å². The minimum Gasteiger partial charge on any atom is -0.496 e. The van der Waals surface area contributed by atoms with Crippen molar-refractivity contribution >= 4 is 17.6 Å². The fourth-order valence-corrected chi connectivity index (χ4v) is 1.64. The number of carboxylic acids is 1. The zero-order valence-electron chi connectivity index (χ0n) is 11.0. The highest BCUT2D eigenvalue weighted by Gasteiger charge is 2.13. The van der Waals surface area contributed by atoms with E-state index in [1.807, 2.05) is 0 Å². The van der Waals surface area contributed by atoms with Gasteiger partial charge in [0.2, 0.25) is 0 Å². The summed E-state index contributed by atoms with van der Waals surface area (Å²) in [5.74, 6) is -1.50. The first kappa shape index (κ1) is 14.3. The molecule has 21 heavy (non-hydrogen) atoms. The number of hydrogen-bond donors (Lipinski definition) is 2. The van der Waals surface area contributed by atoms with Crippen LogP contribution in [0.3, 0.4) is 0 Å². The summed E-state index contributed by atoms with van der Waals surface area (Å²) in [4.78, 5) is 33.7. The smallest absolute Gasteiger partial charge is 0.339 e. The summed E-state index contributed by atoms with van der Waals surface area (Å²) in [6, 6.07) is 6.60. The van der Waals surface area contributed by atoms with Gasteiger partial charge in [0.25, 0.3) is 5.91 Å². The molecule has 0 unspecified atom stereocenters. The van der Waals surface area contributed by atoms with Gasteiger partial charge in [-0.05, 0) is 18.2 Å². The summed E-state index contributed by atoms with van der Waals surface area (Å²) in [7, 11) is 1.33. The Morgan fingerprint density at radius 3 is 2.57 bits per heavy atom. The number of rotatable bonds is 4. The van der Waals surface area contributed by atoms with Gasteiger partial charge in [-0.25, -0.2) is 9.59 Å². The zero-order valence-corrected chi connectivity index (χ0v) is 11.0. The van der Waals surface area contributed by atoms with Crippen LogP contribution in [0.2, 0.25) is 0 Å². The van der Waals surface area contributed by atoms with E-state index in [0.29, 0.717) is 5.69 Å². The summed E-state index contributed by atoms with van der Waals surface area (Å²) in [6.07, 6.45) is 1.04. The van der Waals surface area contributed by atoms with E-state index in [1.54, 1.807) is 0 Å². The van der Waals surface area contributed by atoms with E-state index in [2.05, 4.69) is 9.73 Å². The van der Waals surface area contributed by atoms with Gasteiger partial charge in [0.05, 0.1) is 12.7 Å². The standard InChI is InChI=1S/C14H11NO6/c1-20-11-6-9(3-4-10(11)14(18)19)15-13(17)8-2-5-12(16)21-7-8/h2-7H,1H3,(H,15,17)(H,18,19). The number of methoxy groups -OCH3 is 1. The van der Waals surface area contributed by atoms with Crippen molar-refractivity contribution in [2.75, 3.05) is 12.4 Å². The van der Waals surface area contributed by atoms with Crippen LogP contribution in [-0.2, 0) is 0 Å². The van der Waals surface area contributed by atoms with E-state index >= 15 is 0 Å². The monoisotopic (exact) mass is 289 g/mol. The molecule has 0 aliphatic rings. The van der Waals surface area contributed by atoms with Crippen molar-refractivity contribution in [2.24, 2.45) is 0 Å². The third-order valence-electron chi connectivity index (χ3n) is 2.65. The Hall–Kier alpha value is -3.09. The summed E-state index contributed by atoms with van der Waals surface area (Å²) in [5, 5.41) is 11.5. The van der Waals surface area contributed by atoms with Crippen molar-refractivity contribution < 1.29 is 23.8 Å². The van der Waals surface area contributed by atoms with E-state index in [0.717, 1.165) is 12.3 Å². The Bertz CT molecular complexity index is 729. The number of nitrogens with one attached hydrogen (secondary N) is 1. The highest BCUT2D eigenvalue weighted by atomic mass is 16.5. The third kappa shape index (κ3) is 3.27. The first-order chi connectivity index (χ1) is 10.0. The molecule has 1 aromatic carbocycles. The number of hydrogen-bond acceptors (Lipinski definition) is 5. The maximum atomic E-state index is 11.9. The molecule has 0 bridgehead atoms. The van der Waals surface area contributed by atoms with Gasteiger partial charge in [-0.15, -0.1) is 0 Å². The molecule has 0 saturated heterocycles. The molecule has 1 amide bonds. The van der Waals surface area contributed by atoms with Crippen LogP contribution in [0.1, 0.15) is 20.7 Å². The largest absolute Gasteiger partial charge is 0.496 e. The number of ether oxygens (including phenoxy) is 1. The van der Waals surface area contributed by atoms with Gasteiger partial charge in [-0.2, -0.15) is 0 Å². The first-order valence-corrected chi connectivity index (χ1v) is 5.83. The molecule has 0 atom stereocenters. The van der Waals surface area contributed by atoms with Crippen molar-refractivity contribution in [1.82, 2.24) is 0 Å². The van der Waals surface area contributed by atoms with Gasteiger partial charge in [-0.1, -0.05) is 0 Å². The molecule has 2 rings (SSSR count). The Labute approximate surface area is 118 Å². The zero-order chi connectivity index (χ0) is 15.4. The van der Waals surface area contributed by atoms with Crippen LogP contribution >= 0.6 is 0 Å². The van der Waals surface area contributed by atoms with Crippen LogP contribution in [0.4, 0.5) is 5.69 Å². The summed E-state index contributed by atoms with van der Waals surface area (Å²) < 4.78 is 9.55. The summed E-state index contributed by atoms with van der Waals surface area (Å²) in [5.41, 5.74) is -0.0517. The second-order valence-electron chi connectivity index (χ2n) is 4.02. The van der Waals surface area contributed by atoms with Crippen molar-refractivity contribution in [2.45, 2.75) is 0 Å². The minimum atomic E-state index is -1.13. The van der Waals surface area contributed by atoms with Gasteiger partial charge >= 0.3 is 11.6 Å². The van der Waals surface area contributed by atoms with Crippen molar-refractivity contribution in [1.29, 1.82) is 0 Å². The maximum absolute atomic E-state index is 11.9. The van der Waals surface area contributed by atoms with Crippen LogP contribution in [-0.4, -0.2) is 24.1 Å². The molecule has 1 aromatic heterocycles. The van der Waals surface area contributed by atoms with Gasteiger partial charge in [-0.3, -0.25) is 4.79 Å². The number of carbonyl (C=O) groups is 2. The number of amides is 1. The highest BCUT2D eigenvalue weighted by Crippen LogP contribution is 2.23. The number of benzene rings is 1. The third-order valence-corrected chi connectivity index (χ3v) is 2.65. The summed E-state index contributed by atoms with van der Waals surface area (Å²) in [6.45, 7) is 0. The Morgan fingerprint density at radius 1 is 1.24 bits per heavy atom. The summed E-state index contributed by atoms with van der Waals surface area (Å²) >= 11 is 0. The lowest BCUT2D eigenvalue weighted by Crippen LogP contribution is -2.13. The van der Waals surface area contributed by atoms with E-state index in [9.17, 15) is 14.4 Å². The number of aromatic carboxylic acids is 1. The molecule has 7 heteroatoms. The molecule has 0 saturated carbocycles. The normalized spacial score (nSPS) is 9.95. The van der Waals surface area contributed by atoms with Crippen LogP contribution < -0.4 is 15.7 Å². The van der Waals surface area contributed by atoms with Gasteiger partial charge < -0.3 is 19.6 Å². The van der Waals surface area contributed by atoms with E-state index < -0.39 is 17.5 Å². The highest BCUT2D eigenvalue weighted by molar-refractivity contribution is 6.04. The average molecular weight is 289 g/mol. The van der Waals surface area contributed by atoms with Gasteiger partial charge in [0.15, 0.2) is 0 Å². The molecule has 0 fully saturated rings. The number of anilines is 1. The molecule has 2 N–H and O–H groups in total. The minimum absolute atomic E-state index is 0.0128. The molecule has 0 radical (unpaired) electrons. The second kappa shape index (κ2) is 5.91. The van der Waals surface area contributed by atoms with Crippen molar-refractivity contribution in [3.63, 3.8) is 0 Å². The Morgan fingerprint density at radius 2 is 2.00 bits per heavy atom. The molecule has 108 valence electrons. The molecule has 1 heterocycles. The number of carbonyl (C=O) groups excluding carboxylic acids is 1. The Kier molecular flexibility index (Phi) is 4.03. The quantitative estimate of drug-likeness (QED) is 0.885. The SMILES string of the molecule is COc1cc(NC(=O)c2ccc(=O)oc2)ccc1C(=O)O. The molecule has 0 spiro atoms. The fourth-order valence-electron chi connectivity index (χ4n) is 1.64. The first-order valence-electron chi connectivity index (χ1n) is 5.83. The molecule has 0 aliphatic heterocycles. The van der Waals surface area contributed by atoms with E-state index in [-0.39, 0.29) is 16.9 Å². The fraction of sp³-hybridized carbons (Fsp3) is 0.0714. The molecule has 7 nitrogen and oxygen atoms in total. The second-order valence-corrected chi connectivity index (χ2v) is 4.02. The lowest BCUT2D eigenvalue weighted by molar-refractivity contribution is 0.0693. The van der Waals surface area contributed by atoms with Crippen molar-refractivity contribution in [3.8, 4) is 5.75 Å². The molecule has 2 aromatic rings. The lowest BCUT2D eigenvalue weighted by Gasteiger charge is -2.09. The Balaban J connectivity index is 2.23. The topological polar surface area (TPSA) is 106 Å². The predicted molar refractivity (Wildman–Crippen MR) is 72.9 cm³/mol. The maximum Gasteiger partial charge on any atom is 0.339 e. The molecular formula is C14H11NO6. The van der Waals surface area contributed by atoms with Gasteiger partial charge in [0, 0.05) is 17.8 Å². The molecular weight excluding hydrogens is 278 g/mol. The van der Waals surface area contributed by atoms with E-state index in [1.165, 1.54) is 31.4 Å². The molecule has 0 aliphatic carbocycles. The predicted octanol–water partition coefficient (Wildman–Crippen LogP) is 1.60. The van der Waals surface area contributed by atoms with Crippen LogP contribution in [0, 0.1) is 0 Å². The van der Waals surface area contributed by atoms with Crippen LogP contribution in [0.5, 0.6) is 5.75 Å².